The first-order valence-electron chi connectivity index (χ1n) is 13.3. The van der Waals surface area contributed by atoms with Crippen molar-refractivity contribution >= 4 is 28.5 Å². The molecule has 2 fully saturated rings. The van der Waals surface area contributed by atoms with Gasteiger partial charge in [-0.1, -0.05) is 37.6 Å². The third-order valence-corrected chi connectivity index (χ3v) is 10.2. The van der Waals surface area contributed by atoms with E-state index in [1.165, 1.54) is 24.6 Å². The predicted molar refractivity (Wildman–Crippen MR) is 136 cm³/mol. The molecule has 1 aromatic carbocycles. The number of aromatic nitrogens is 2. The average Bonchev–Trinajstić information content (AvgIpc) is 3.37. The minimum Gasteiger partial charge on any atom is -0.462 e. The Morgan fingerprint density at radius 3 is 2.57 bits per heavy atom. The van der Waals surface area contributed by atoms with Gasteiger partial charge >= 0.3 is 5.97 Å². The van der Waals surface area contributed by atoms with Gasteiger partial charge in [0, 0.05) is 30.0 Å². The zero-order chi connectivity index (χ0) is 24.5. The summed E-state index contributed by atoms with van der Waals surface area (Å²) in [6.45, 7) is 8.12. The van der Waals surface area contributed by atoms with Gasteiger partial charge in [-0.25, -0.2) is 4.98 Å². The number of hydrogen-bond acceptors (Lipinski definition) is 4. The van der Waals surface area contributed by atoms with Crippen molar-refractivity contribution in [3.05, 3.63) is 47.8 Å². The Hall–Kier alpha value is -2.69. The molecule has 5 heteroatoms. The molecule has 0 radical (unpaired) electrons. The molecule has 0 saturated heterocycles. The Balaban J connectivity index is 1.37. The third-order valence-electron chi connectivity index (χ3n) is 10.2. The SMILES string of the molecule is CC(=O)O[C@H]1CC[C@@]2(C)C(=CCC3C2CC[C@]2(C)C(n4cnc5ccccc54)=C(C(C)=O)CC32)C1. The van der Waals surface area contributed by atoms with E-state index in [-0.39, 0.29) is 28.7 Å². The summed E-state index contributed by atoms with van der Waals surface area (Å²) in [4.78, 5) is 29.2. The van der Waals surface area contributed by atoms with E-state index in [2.05, 4.69) is 41.6 Å². The highest BCUT2D eigenvalue weighted by atomic mass is 16.5. The normalized spacial score (nSPS) is 36.3. The maximum absolute atomic E-state index is 13.0. The van der Waals surface area contributed by atoms with E-state index >= 15 is 0 Å². The number of nitrogens with zero attached hydrogens (tertiary/aromatic N) is 2. The van der Waals surface area contributed by atoms with E-state index in [0.29, 0.717) is 17.8 Å². The maximum Gasteiger partial charge on any atom is 0.302 e. The van der Waals surface area contributed by atoms with Crippen molar-refractivity contribution in [2.24, 2.45) is 28.6 Å². The quantitative estimate of drug-likeness (QED) is 0.386. The summed E-state index contributed by atoms with van der Waals surface area (Å²) in [7, 11) is 0. The zero-order valence-corrected chi connectivity index (χ0v) is 21.3. The van der Waals surface area contributed by atoms with Gasteiger partial charge in [-0.05, 0) is 80.8 Å². The van der Waals surface area contributed by atoms with Crippen LogP contribution in [0.5, 0.6) is 0 Å². The van der Waals surface area contributed by atoms with Crippen molar-refractivity contribution in [2.45, 2.75) is 78.7 Å². The Bertz CT molecular complexity index is 1290. The van der Waals surface area contributed by atoms with E-state index in [0.717, 1.165) is 55.1 Å². The van der Waals surface area contributed by atoms with Crippen LogP contribution in [0.2, 0.25) is 0 Å². The fourth-order valence-corrected chi connectivity index (χ4v) is 8.48. The van der Waals surface area contributed by atoms with Gasteiger partial charge in [-0.3, -0.25) is 9.59 Å². The Morgan fingerprint density at radius 1 is 1.03 bits per heavy atom. The number of carbonyl (C=O) groups is 2. The van der Waals surface area contributed by atoms with Crippen LogP contribution >= 0.6 is 0 Å². The van der Waals surface area contributed by atoms with Crippen molar-refractivity contribution in [1.29, 1.82) is 0 Å². The number of ketones is 1. The number of hydrogen-bond donors (Lipinski definition) is 0. The molecule has 3 unspecified atom stereocenters. The Morgan fingerprint density at radius 2 is 1.80 bits per heavy atom. The molecule has 184 valence electrons. The summed E-state index contributed by atoms with van der Waals surface area (Å²) in [5.41, 5.74) is 5.89. The van der Waals surface area contributed by atoms with Crippen LogP contribution in [0.3, 0.4) is 0 Å². The van der Waals surface area contributed by atoms with E-state index in [4.69, 9.17) is 4.74 Å². The van der Waals surface area contributed by atoms with Crippen LogP contribution < -0.4 is 0 Å². The van der Waals surface area contributed by atoms with Crippen LogP contribution in [0.15, 0.2) is 47.8 Å². The lowest BCUT2D eigenvalue weighted by atomic mass is 9.47. The largest absolute Gasteiger partial charge is 0.462 e. The number of Topliss-reactive ketones (excluding diaryl/α,β-unsaturated/α-hetero) is 1. The van der Waals surface area contributed by atoms with Crippen molar-refractivity contribution in [2.75, 3.05) is 0 Å². The van der Waals surface area contributed by atoms with Crippen LogP contribution in [0.25, 0.3) is 16.7 Å². The topological polar surface area (TPSA) is 61.2 Å². The second-order valence-corrected chi connectivity index (χ2v) is 11.9. The molecule has 0 N–H and O–H groups in total. The molecule has 5 nitrogen and oxygen atoms in total. The molecule has 0 bridgehead atoms. The molecule has 6 atom stereocenters. The molecule has 2 aromatic rings. The average molecular weight is 473 g/mol. The number of esters is 1. The van der Waals surface area contributed by atoms with Crippen molar-refractivity contribution in [1.82, 2.24) is 9.55 Å². The number of fused-ring (bicyclic) bond motifs is 6. The second-order valence-electron chi connectivity index (χ2n) is 11.9. The third kappa shape index (κ3) is 3.30. The molecule has 4 aliphatic carbocycles. The van der Waals surface area contributed by atoms with Crippen molar-refractivity contribution in [3.8, 4) is 0 Å². The van der Waals surface area contributed by atoms with E-state index in [9.17, 15) is 9.59 Å². The molecule has 35 heavy (non-hydrogen) atoms. The number of allylic oxidation sites excluding steroid dienone is 3. The van der Waals surface area contributed by atoms with E-state index in [1.807, 2.05) is 18.5 Å². The van der Waals surface area contributed by atoms with Gasteiger partial charge < -0.3 is 9.30 Å². The van der Waals surface area contributed by atoms with Crippen LogP contribution in [-0.4, -0.2) is 27.4 Å². The number of imidazole rings is 1. The first-order valence-corrected chi connectivity index (χ1v) is 13.3. The number of benzene rings is 1. The first-order chi connectivity index (χ1) is 16.7. The van der Waals surface area contributed by atoms with Gasteiger partial charge in [0.05, 0.1) is 11.0 Å². The lowest BCUT2D eigenvalue weighted by molar-refractivity contribution is -0.148. The minimum atomic E-state index is -0.172. The number of rotatable bonds is 3. The summed E-state index contributed by atoms with van der Waals surface area (Å²) >= 11 is 0. The lowest BCUT2D eigenvalue weighted by Crippen LogP contribution is -2.50. The van der Waals surface area contributed by atoms with Gasteiger partial charge in [0.2, 0.25) is 0 Å². The summed E-state index contributed by atoms with van der Waals surface area (Å²) in [6, 6.07) is 8.24. The number of ether oxygens (including phenoxy) is 1. The summed E-state index contributed by atoms with van der Waals surface area (Å²) in [6.07, 6.45) is 11.5. The summed E-state index contributed by atoms with van der Waals surface area (Å²) in [5.74, 6) is 1.66. The smallest absolute Gasteiger partial charge is 0.302 e. The van der Waals surface area contributed by atoms with Gasteiger partial charge in [0.1, 0.15) is 12.4 Å². The molecule has 2 saturated carbocycles. The molecule has 4 aliphatic rings. The molecule has 0 spiro atoms. The highest BCUT2D eigenvalue weighted by Crippen LogP contribution is 2.67. The maximum atomic E-state index is 13.0. The molecule has 0 amide bonds. The van der Waals surface area contributed by atoms with Gasteiger partial charge in [0.25, 0.3) is 0 Å². The monoisotopic (exact) mass is 472 g/mol. The molecular weight excluding hydrogens is 436 g/mol. The highest BCUT2D eigenvalue weighted by Gasteiger charge is 2.59. The van der Waals surface area contributed by atoms with E-state index in [1.54, 1.807) is 6.92 Å². The fourth-order valence-electron chi connectivity index (χ4n) is 8.48. The minimum absolute atomic E-state index is 0.0239. The number of carbonyl (C=O) groups excluding carboxylic acids is 2. The zero-order valence-electron chi connectivity index (χ0n) is 21.3. The van der Waals surface area contributed by atoms with Crippen LogP contribution in [0, 0.1) is 28.6 Å². The Labute approximate surface area is 207 Å². The van der Waals surface area contributed by atoms with Crippen molar-refractivity contribution < 1.29 is 14.3 Å². The van der Waals surface area contributed by atoms with Crippen molar-refractivity contribution in [3.63, 3.8) is 0 Å². The molecule has 1 heterocycles. The Kier molecular flexibility index (Phi) is 5.14. The summed E-state index contributed by atoms with van der Waals surface area (Å²) in [5, 5.41) is 0. The lowest BCUT2D eigenvalue weighted by Gasteiger charge is -2.57. The van der Waals surface area contributed by atoms with Gasteiger partial charge in [-0.2, -0.15) is 0 Å². The van der Waals surface area contributed by atoms with Gasteiger partial charge in [0.15, 0.2) is 5.78 Å². The predicted octanol–water partition coefficient (Wildman–Crippen LogP) is 6.34. The molecule has 6 rings (SSSR count). The van der Waals surface area contributed by atoms with Crippen LogP contribution in [-0.2, 0) is 14.3 Å². The standard InChI is InChI=1S/C30H36N2O3/c1-18(33)23-16-25-22-10-9-20-15-21(35-19(2)34)11-13-29(20,3)24(22)12-14-30(25,4)28(23)32-17-31-26-7-5-6-8-27(26)32/h5-9,17,21-22,24-25H,10-16H2,1-4H3/t21-,22?,24?,25?,29-,30-/m0/s1. The van der Waals surface area contributed by atoms with E-state index < -0.39 is 0 Å². The number of para-hydroxylation sites is 2. The van der Waals surface area contributed by atoms with Gasteiger partial charge in [-0.15, -0.1) is 0 Å². The molecule has 1 aromatic heterocycles. The van der Waals surface area contributed by atoms with Crippen LogP contribution in [0.4, 0.5) is 0 Å². The first kappa shape index (κ1) is 22.8. The molecular formula is C30H36N2O3. The summed E-state index contributed by atoms with van der Waals surface area (Å²) < 4.78 is 7.83. The molecule has 0 aliphatic heterocycles. The fraction of sp³-hybridized carbons (Fsp3) is 0.567. The van der Waals surface area contributed by atoms with Crippen LogP contribution in [0.1, 0.15) is 72.6 Å². The second kappa shape index (κ2) is 7.91. The highest BCUT2D eigenvalue weighted by molar-refractivity contribution is 6.01.